The van der Waals surface area contributed by atoms with Gasteiger partial charge in [0.2, 0.25) is 5.82 Å². The normalized spacial score (nSPS) is 42.2. The van der Waals surface area contributed by atoms with E-state index in [1.165, 1.54) is 51.4 Å². The Labute approximate surface area is 212 Å². The van der Waals surface area contributed by atoms with Gasteiger partial charge in [-0.2, -0.15) is 13.2 Å². The lowest BCUT2D eigenvalue weighted by atomic mass is 9.48. The fourth-order valence-electron chi connectivity index (χ4n) is 9.57. The largest absolute Gasteiger partial charge is 0.483 e. The molecule has 5 fully saturated rings. The van der Waals surface area contributed by atoms with Gasteiger partial charge in [0.05, 0.1) is 12.4 Å². The Hall–Kier alpha value is -1.66. The molecule has 0 aliphatic heterocycles. The number of nitrogens with zero attached hydrogens (tertiary/aromatic N) is 2. The second kappa shape index (κ2) is 8.97. The van der Waals surface area contributed by atoms with Crippen molar-refractivity contribution in [2.75, 3.05) is 6.61 Å². The summed E-state index contributed by atoms with van der Waals surface area (Å²) in [5.74, 6) is 5.32. The molecule has 9 atom stereocenters. The summed E-state index contributed by atoms with van der Waals surface area (Å²) in [6.07, 6.45) is 10.3. The summed E-state index contributed by atoms with van der Waals surface area (Å²) in [5, 5.41) is 0. The molecule has 0 radical (unpaired) electrons. The molecule has 0 aromatic carbocycles. The van der Waals surface area contributed by atoms with Gasteiger partial charge in [0, 0.05) is 5.92 Å². The molecule has 1 aromatic heterocycles. The van der Waals surface area contributed by atoms with Crippen molar-refractivity contribution in [2.24, 2.45) is 58.7 Å². The smallest absolute Gasteiger partial charge is 0.451 e. The highest BCUT2D eigenvalue weighted by Crippen LogP contribution is 2.69. The van der Waals surface area contributed by atoms with Crippen molar-refractivity contribution in [3.8, 4) is 5.75 Å². The zero-order valence-electron chi connectivity index (χ0n) is 21.5. The fraction of sp³-hybridized carbons (Fsp3) is 0.828. The number of alkyl halides is 3. The van der Waals surface area contributed by atoms with E-state index in [4.69, 9.17) is 4.74 Å². The van der Waals surface area contributed by atoms with E-state index in [9.17, 15) is 18.0 Å². The van der Waals surface area contributed by atoms with Crippen LogP contribution in [0.15, 0.2) is 12.4 Å². The predicted molar refractivity (Wildman–Crippen MR) is 129 cm³/mol. The van der Waals surface area contributed by atoms with Gasteiger partial charge in [0.25, 0.3) is 0 Å². The zero-order valence-corrected chi connectivity index (χ0v) is 21.5. The number of hydrogen-bond donors (Lipinski definition) is 0. The molecule has 0 bridgehead atoms. The van der Waals surface area contributed by atoms with Crippen molar-refractivity contribution in [3.05, 3.63) is 18.2 Å². The number of ketones is 1. The number of Topliss-reactive ketones (excluding diaryl/α,β-unsaturated/α-hetero) is 1. The second-order valence-electron chi connectivity index (χ2n) is 13.1. The maximum Gasteiger partial charge on any atom is 0.451 e. The Balaban J connectivity index is 1.17. The molecule has 4 nitrogen and oxygen atoms in total. The summed E-state index contributed by atoms with van der Waals surface area (Å²) in [7, 11) is 0. The molecular formula is C29H39F3N2O2. The molecule has 5 aliphatic rings. The highest BCUT2D eigenvalue weighted by atomic mass is 19.4. The Morgan fingerprint density at radius 3 is 2.33 bits per heavy atom. The van der Waals surface area contributed by atoms with Crippen molar-refractivity contribution in [3.63, 3.8) is 0 Å². The maximum absolute atomic E-state index is 13.6. The Morgan fingerprint density at radius 2 is 1.64 bits per heavy atom. The molecule has 5 aliphatic carbocycles. The molecule has 5 saturated carbocycles. The van der Waals surface area contributed by atoms with Crippen LogP contribution in [0.3, 0.4) is 0 Å². The lowest BCUT2D eigenvalue weighted by Crippen LogP contribution is -2.50. The molecule has 1 heterocycles. The van der Waals surface area contributed by atoms with Gasteiger partial charge < -0.3 is 4.74 Å². The minimum atomic E-state index is -4.59. The summed E-state index contributed by atoms with van der Waals surface area (Å²) in [5.41, 5.74) is 0.0142. The van der Waals surface area contributed by atoms with Gasteiger partial charge in [0.15, 0.2) is 11.5 Å². The SMILES string of the molecule is CC1CCC2C(CCC3C2CCC2(C)C(C(=O)COc4cnc(C(F)(F)F)nc4)CC(C4CC4)C32)C1. The van der Waals surface area contributed by atoms with Crippen LogP contribution in [0.2, 0.25) is 0 Å². The van der Waals surface area contributed by atoms with E-state index in [1.807, 2.05) is 0 Å². The first-order valence-electron chi connectivity index (χ1n) is 14.2. The van der Waals surface area contributed by atoms with Gasteiger partial charge in [-0.05, 0) is 111 Å². The minimum absolute atomic E-state index is 0.0142. The molecule has 9 unspecified atom stereocenters. The molecule has 6 rings (SSSR count). The number of fused-ring (bicyclic) bond motifs is 5. The molecule has 1 aromatic rings. The number of carbonyl (C=O) groups excluding carboxylic acids is 1. The fourth-order valence-corrected chi connectivity index (χ4v) is 9.57. The average Bonchev–Trinajstić information content (AvgIpc) is 3.64. The van der Waals surface area contributed by atoms with Crippen LogP contribution in [0.1, 0.15) is 83.9 Å². The van der Waals surface area contributed by atoms with Gasteiger partial charge in [-0.15, -0.1) is 0 Å². The summed E-state index contributed by atoms with van der Waals surface area (Å²) in [6.45, 7) is 4.69. The van der Waals surface area contributed by atoms with Crippen LogP contribution < -0.4 is 4.74 Å². The monoisotopic (exact) mass is 504 g/mol. The van der Waals surface area contributed by atoms with Crippen molar-refractivity contribution in [1.29, 1.82) is 0 Å². The van der Waals surface area contributed by atoms with Crippen LogP contribution in [-0.4, -0.2) is 22.4 Å². The summed E-state index contributed by atoms with van der Waals surface area (Å²) < 4.78 is 43.9. The number of carbonyl (C=O) groups is 1. The van der Waals surface area contributed by atoms with Crippen molar-refractivity contribution in [1.82, 2.24) is 9.97 Å². The van der Waals surface area contributed by atoms with E-state index in [0.29, 0.717) is 11.8 Å². The van der Waals surface area contributed by atoms with Crippen molar-refractivity contribution < 1.29 is 22.7 Å². The summed E-state index contributed by atoms with van der Waals surface area (Å²) >= 11 is 0. The van der Waals surface area contributed by atoms with E-state index in [2.05, 4.69) is 23.8 Å². The number of rotatable bonds is 5. The predicted octanol–water partition coefficient (Wildman–Crippen LogP) is 6.98. The van der Waals surface area contributed by atoms with Crippen LogP contribution in [0, 0.1) is 58.7 Å². The lowest BCUT2D eigenvalue weighted by molar-refractivity contribution is -0.145. The molecule has 0 N–H and O–H groups in total. The first-order valence-corrected chi connectivity index (χ1v) is 14.2. The molecule has 0 saturated heterocycles. The van der Waals surface area contributed by atoms with Crippen LogP contribution in [0.5, 0.6) is 5.75 Å². The Bertz CT molecular complexity index is 978. The van der Waals surface area contributed by atoms with Crippen LogP contribution >= 0.6 is 0 Å². The van der Waals surface area contributed by atoms with Crippen LogP contribution in [0.25, 0.3) is 0 Å². The van der Waals surface area contributed by atoms with Crippen LogP contribution in [-0.2, 0) is 11.0 Å². The first kappa shape index (κ1) is 24.7. The van der Waals surface area contributed by atoms with Crippen molar-refractivity contribution >= 4 is 5.78 Å². The second-order valence-corrected chi connectivity index (χ2v) is 13.1. The molecule has 198 valence electrons. The molecule has 7 heteroatoms. The zero-order chi connectivity index (χ0) is 25.2. The van der Waals surface area contributed by atoms with Gasteiger partial charge in [-0.1, -0.05) is 20.3 Å². The third-order valence-electron chi connectivity index (χ3n) is 11.2. The lowest BCUT2D eigenvalue weighted by Gasteiger charge is -2.57. The van der Waals surface area contributed by atoms with Gasteiger partial charge in [0.1, 0.15) is 6.61 Å². The van der Waals surface area contributed by atoms with Crippen LogP contribution in [0.4, 0.5) is 13.2 Å². The van der Waals surface area contributed by atoms with Gasteiger partial charge in [-0.25, -0.2) is 9.97 Å². The van der Waals surface area contributed by atoms with Gasteiger partial charge in [-0.3, -0.25) is 4.79 Å². The Kier molecular flexibility index (Phi) is 6.15. The molecular weight excluding hydrogens is 465 g/mol. The summed E-state index contributed by atoms with van der Waals surface area (Å²) in [6, 6.07) is 0. The molecule has 0 spiro atoms. The molecule has 36 heavy (non-hydrogen) atoms. The van der Waals surface area contributed by atoms with Gasteiger partial charge >= 0.3 is 6.18 Å². The highest BCUT2D eigenvalue weighted by molar-refractivity contribution is 5.83. The van der Waals surface area contributed by atoms with E-state index >= 15 is 0 Å². The third-order valence-corrected chi connectivity index (χ3v) is 11.2. The van der Waals surface area contributed by atoms with E-state index < -0.39 is 12.0 Å². The summed E-state index contributed by atoms with van der Waals surface area (Å²) in [4.78, 5) is 20.3. The van der Waals surface area contributed by atoms with E-state index in [-0.39, 0.29) is 29.5 Å². The average molecular weight is 505 g/mol. The quantitative estimate of drug-likeness (QED) is 0.434. The first-order chi connectivity index (χ1) is 17.1. The highest BCUT2D eigenvalue weighted by Gasteiger charge is 2.63. The number of halogens is 3. The molecule has 0 amide bonds. The van der Waals surface area contributed by atoms with E-state index in [0.717, 1.165) is 60.7 Å². The van der Waals surface area contributed by atoms with Crippen molar-refractivity contribution in [2.45, 2.75) is 84.2 Å². The standard InChI is InChI=1S/C29H39F3N2O2/c1-16-3-7-20-18(11-16)6-8-22-21(20)9-10-28(2)24(12-23(26(22)28)17-4-5-17)25(35)15-36-19-13-33-27(34-14-19)29(30,31)32/h13-14,16-18,20-24,26H,3-12,15H2,1-2H3. The van der Waals surface area contributed by atoms with E-state index in [1.54, 1.807) is 0 Å². The maximum atomic E-state index is 13.6. The topological polar surface area (TPSA) is 52.1 Å². The Morgan fingerprint density at radius 1 is 0.944 bits per heavy atom. The minimum Gasteiger partial charge on any atom is -0.483 e. The number of aromatic nitrogens is 2. The number of ether oxygens (including phenoxy) is 1. The number of hydrogen-bond acceptors (Lipinski definition) is 4. The third kappa shape index (κ3) is 4.26.